The zero-order chi connectivity index (χ0) is 2.71. The molecule has 0 aliphatic rings. The molecule has 0 aromatic heterocycles. The summed E-state index contributed by atoms with van der Waals surface area (Å²) in [6, 6.07) is 0. The average Bonchev–Trinajstić information content (AvgIpc) is 0.918. The summed E-state index contributed by atoms with van der Waals surface area (Å²) in [5.74, 6) is 0. The molecule has 3 heteroatoms. The fraction of sp³-hybridized carbons (Fsp3) is 0.500. The molecule has 1 nitrogen and oxygen atoms in total. The van der Waals surface area contributed by atoms with Crippen molar-refractivity contribution in [3.05, 3.63) is 7.43 Å². The molecule has 26 valence electrons. The van der Waals surface area contributed by atoms with Crippen molar-refractivity contribution in [1.29, 1.82) is 0 Å². The van der Waals surface area contributed by atoms with Gasteiger partial charge in [-0.1, -0.05) is 0 Å². The van der Waals surface area contributed by atoms with Crippen molar-refractivity contribution >= 4 is 11.7 Å². The number of hydrogen-bond acceptors (Lipinski definition) is 1. The van der Waals surface area contributed by atoms with Crippen LogP contribution in [0, 0.1) is 7.43 Å². The molecule has 0 radical (unpaired) electrons. The number of rotatable bonds is 0. The monoisotopic (exact) mass is 117 g/mol. The third-order valence-corrected chi connectivity index (χ3v) is 0. The average molecular weight is 117 g/mol. The molecule has 0 heterocycles. The van der Waals surface area contributed by atoms with Gasteiger partial charge < -0.3 is 7.43 Å². The van der Waals surface area contributed by atoms with Gasteiger partial charge in [0.1, 0.15) is 0 Å². The molecule has 0 amide bonds. The topological polar surface area (TPSA) is 17.1 Å². The van der Waals surface area contributed by atoms with Gasteiger partial charge in [-0.25, -0.2) is 0 Å². The van der Waals surface area contributed by atoms with Crippen molar-refractivity contribution in [3.8, 4) is 0 Å². The summed E-state index contributed by atoms with van der Waals surface area (Å²) >= 11 is 0.500. The Balaban J connectivity index is -0.0000000200. The number of hydrogen-bond donors (Lipinski definition) is 0. The molecule has 0 rings (SSSR count). The standard InChI is InChI=1S/CH3OS.CH3.K/c1-3-2;;/h1H3;1H3;/q+1;-1;+1. The van der Waals surface area contributed by atoms with Crippen LogP contribution in [-0.2, 0) is 15.9 Å². The van der Waals surface area contributed by atoms with Crippen LogP contribution in [0.25, 0.3) is 0 Å². The Bertz CT molecular complexity index is 17.1. The van der Waals surface area contributed by atoms with E-state index in [1.165, 1.54) is 6.26 Å². The Morgan fingerprint density at radius 1 is 1.60 bits per heavy atom. The summed E-state index contributed by atoms with van der Waals surface area (Å²) in [4.78, 5) is 0. The van der Waals surface area contributed by atoms with Gasteiger partial charge in [-0.15, -0.1) is 0 Å². The quantitative estimate of drug-likeness (QED) is 0.195. The molecular weight excluding hydrogens is 111 g/mol. The molecule has 0 atom stereocenters. The van der Waals surface area contributed by atoms with Crippen LogP contribution in [0.1, 0.15) is 0 Å². The van der Waals surface area contributed by atoms with Crippen LogP contribution in [0.3, 0.4) is 0 Å². The van der Waals surface area contributed by atoms with Crippen LogP contribution in [-0.4, -0.2) is 6.26 Å². The van der Waals surface area contributed by atoms with Crippen LogP contribution in [0.4, 0.5) is 0 Å². The Morgan fingerprint density at radius 3 is 1.60 bits per heavy atom. The van der Waals surface area contributed by atoms with E-state index in [9.17, 15) is 0 Å². The van der Waals surface area contributed by atoms with Gasteiger partial charge in [0.2, 0.25) is 6.26 Å². The second kappa shape index (κ2) is 17.4. The third kappa shape index (κ3) is 27.6. The predicted molar refractivity (Wildman–Crippen MR) is 20.4 cm³/mol. The first-order chi connectivity index (χ1) is 1.41. The van der Waals surface area contributed by atoms with Gasteiger partial charge in [-0.2, -0.15) is 0 Å². The minimum Gasteiger partial charge on any atom is -0.358 e. The Morgan fingerprint density at radius 2 is 1.60 bits per heavy atom. The molecule has 0 N–H and O–H groups in total. The van der Waals surface area contributed by atoms with Crippen molar-refractivity contribution < 1.29 is 55.6 Å². The normalized spacial score (nSPS) is 2.60. The third-order valence-electron chi connectivity index (χ3n) is 0. The molecule has 5 heavy (non-hydrogen) atoms. The van der Waals surface area contributed by atoms with Gasteiger partial charge in [-0.05, 0) is 0 Å². The SMILES string of the molecule is C[S+]=O.[CH3-].[K+]. The zero-order valence-electron chi connectivity index (χ0n) is 3.82. The fourth-order valence-electron chi connectivity index (χ4n) is 0. The predicted octanol–water partition coefficient (Wildman–Crippen LogP) is -2.50. The van der Waals surface area contributed by atoms with Crippen molar-refractivity contribution in [2.24, 2.45) is 0 Å². The fourth-order valence-corrected chi connectivity index (χ4v) is 0. The van der Waals surface area contributed by atoms with Gasteiger partial charge in [-0.3, -0.25) is 0 Å². The van der Waals surface area contributed by atoms with E-state index in [1.54, 1.807) is 0 Å². The molecular formula is C2H6KOS+. The molecule has 0 aliphatic heterocycles. The summed E-state index contributed by atoms with van der Waals surface area (Å²) in [6.07, 6.45) is 1.49. The summed E-state index contributed by atoms with van der Waals surface area (Å²) in [6.45, 7) is 0. The Labute approximate surface area is 79.4 Å². The Hall–Kier alpha value is 1.66. The second-order valence-corrected chi connectivity index (χ2v) is 0.500. The van der Waals surface area contributed by atoms with Crippen LogP contribution in [0.15, 0.2) is 0 Å². The summed E-state index contributed by atoms with van der Waals surface area (Å²) in [7, 11) is 0. The van der Waals surface area contributed by atoms with Gasteiger partial charge in [0.05, 0.1) is 0 Å². The van der Waals surface area contributed by atoms with Gasteiger partial charge in [0.25, 0.3) is 0 Å². The van der Waals surface area contributed by atoms with Crippen LogP contribution in [0.2, 0.25) is 0 Å². The molecule has 0 aromatic rings. The van der Waals surface area contributed by atoms with E-state index >= 15 is 0 Å². The maximum Gasteiger partial charge on any atom is 1.00 e. The van der Waals surface area contributed by atoms with Crippen LogP contribution < -0.4 is 51.4 Å². The molecule has 0 fully saturated rings. The molecule has 0 unspecified atom stereocenters. The second-order valence-electron chi connectivity index (χ2n) is 0.167. The van der Waals surface area contributed by atoms with E-state index in [2.05, 4.69) is 0 Å². The van der Waals surface area contributed by atoms with E-state index in [0.717, 1.165) is 0 Å². The smallest absolute Gasteiger partial charge is 0.358 e. The summed E-state index contributed by atoms with van der Waals surface area (Å²) < 4.78 is 8.85. The molecule has 0 saturated heterocycles. The van der Waals surface area contributed by atoms with Crippen molar-refractivity contribution in [3.63, 3.8) is 0 Å². The van der Waals surface area contributed by atoms with E-state index in [4.69, 9.17) is 4.21 Å². The summed E-state index contributed by atoms with van der Waals surface area (Å²) in [5, 5.41) is 0. The van der Waals surface area contributed by atoms with Crippen molar-refractivity contribution in [2.75, 3.05) is 6.26 Å². The van der Waals surface area contributed by atoms with Crippen LogP contribution >= 0.6 is 0 Å². The van der Waals surface area contributed by atoms with E-state index in [-0.39, 0.29) is 58.8 Å². The van der Waals surface area contributed by atoms with E-state index < -0.39 is 0 Å². The van der Waals surface area contributed by atoms with Gasteiger partial charge in [0.15, 0.2) is 0 Å². The first-order valence-electron chi connectivity index (χ1n) is 0.575. The van der Waals surface area contributed by atoms with Crippen LogP contribution in [0.5, 0.6) is 0 Å². The molecule has 0 aliphatic carbocycles. The van der Waals surface area contributed by atoms with Gasteiger partial charge >= 0.3 is 63.1 Å². The Kier molecular flexibility index (Phi) is 55.4. The molecule has 0 aromatic carbocycles. The maximum absolute atomic E-state index is 8.85. The van der Waals surface area contributed by atoms with E-state index in [1.807, 2.05) is 0 Å². The first kappa shape index (κ1) is 15.9. The van der Waals surface area contributed by atoms with E-state index in [0.29, 0.717) is 11.7 Å². The molecule has 0 saturated carbocycles. The molecule has 0 spiro atoms. The summed E-state index contributed by atoms with van der Waals surface area (Å²) in [5.41, 5.74) is 0. The van der Waals surface area contributed by atoms with Gasteiger partial charge in [0, 0.05) is 4.21 Å². The van der Waals surface area contributed by atoms with Crippen molar-refractivity contribution in [1.82, 2.24) is 0 Å². The first-order valence-corrected chi connectivity index (χ1v) is 1.72. The largest absolute Gasteiger partial charge is 1.00 e. The van der Waals surface area contributed by atoms with Crippen molar-refractivity contribution in [2.45, 2.75) is 0 Å². The minimum absolute atomic E-state index is 0. The minimum atomic E-state index is 0. The zero-order valence-corrected chi connectivity index (χ0v) is 7.76. The molecule has 0 bridgehead atoms. The maximum atomic E-state index is 8.85.